The summed E-state index contributed by atoms with van der Waals surface area (Å²) in [6.45, 7) is 7.86. The van der Waals surface area contributed by atoms with Crippen LogP contribution < -0.4 is 9.67 Å². The molecule has 35 heavy (non-hydrogen) atoms. The summed E-state index contributed by atoms with van der Waals surface area (Å²) in [7, 11) is 1.50. The van der Waals surface area contributed by atoms with E-state index in [0.29, 0.717) is 16.4 Å². The van der Waals surface area contributed by atoms with Crippen molar-refractivity contribution in [3.8, 4) is 11.6 Å². The van der Waals surface area contributed by atoms with Gasteiger partial charge in [0.1, 0.15) is 5.57 Å². The Bertz CT molecular complexity index is 1320. The Morgan fingerprint density at radius 1 is 1.09 bits per heavy atom. The summed E-state index contributed by atoms with van der Waals surface area (Å²) >= 11 is 6.02. The average Bonchev–Trinajstić information content (AvgIpc) is 3.25. The van der Waals surface area contributed by atoms with Crippen molar-refractivity contribution in [2.75, 3.05) is 20.3 Å². The molecule has 2 amide bonds. The largest absolute Gasteiger partial charge is 0.858 e. The van der Waals surface area contributed by atoms with Gasteiger partial charge in [-0.15, -0.1) is 0 Å². The Labute approximate surface area is 209 Å². The highest BCUT2D eigenvalue weighted by Crippen LogP contribution is 2.39. The number of methoxy groups -OCH3 is 1. The van der Waals surface area contributed by atoms with E-state index in [4.69, 9.17) is 16.3 Å². The number of amides is 2. The van der Waals surface area contributed by atoms with Crippen LogP contribution in [0.4, 0.5) is 0 Å². The van der Waals surface area contributed by atoms with Crippen LogP contribution in [0.5, 0.6) is 5.88 Å². The van der Waals surface area contributed by atoms with E-state index in [-0.39, 0.29) is 35.9 Å². The van der Waals surface area contributed by atoms with Crippen molar-refractivity contribution in [3.05, 3.63) is 70.1 Å². The second-order valence-electron chi connectivity index (χ2n) is 8.88. The molecular formula is C26H27ClN4O4. The Morgan fingerprint density at radius 3 is 2.29 bits per heavy atom. The van der Waals surface area contributed by atoms with Crippen molar-refractivity contribution < 1.29 is 24.0 Å². The Morgan fingerprint density at radius 2 is 1.71 bits per heavy atom. The predicted molar refractivity (Wildman–Crippen MR) is 130 cm³/mol. The summed E-state index contributed by atoms with van der Waals surface area (Å²) in [5.74, 6) is -1.67. The molecule has 9 heteroatoms. The first-order valence-electron chi connectivity index (χ1n) is 11.3. The zero-order valence-electron chi connectivity index (χ0n) is 20.3. The van der Waals surface area contributed by atoms with Crippen molar-refractivity contribution in [2.45, 2.75) is 33.6 Å². The van der Waals surface area contributed by atoms with E-state index in [9.17, 15) is 14.7 Å². The summed E-state index contributed by atoms with van der Waals surface area (Å²) in [6, 6.07) is 8.67. The maximum absolute atomic E-state index is 13.8. The minimum atomic E-state index is -0.539. The number of aryl methyl sites for hydroxylation is 2. The van der Waals surface area contributed by atoms with E-state index in [1.807, 2.05) is 33.8 Å². The summed E-state index contributed by atoms with van der Waals surface area (Å²) in [6.07, 6.45) is 3.55. The minimum absolute atomic E-state index is 0.0509. The molecule has 0 bridgehead atoms. The van der Waals surface area contributed by atoms with Gasteiger partial charge in [0.15, 0.2) is 12.4 Å². The van der Waals surface area contributed by atoms with Crippen molar-refractivity contribution in [2.24, 2.45) is 0 Å². The molecule has 8 nitrogen and oxygen atoms in total. The van der Waals surface area contributed by atoms with Crippen molar-refractivity contribution in [1.82, 2.24) is 14.7 Å². The number of aromatic nitrogens is 3. The molecule has 0 saturated carbocycles. The van der Waals surface area contributed by atoms with Gasteiger partial charge in [-0.25, -0.2) is 4.68 Å². The third kappa shape index (κ3) is 4.47. The number of ether oxygens (including phenoxy) is 1. The number of carbonyl (C=O) groups excluding carboxylic acids is 2. The highest BCUT2D eigenvalue weighted by molar-refractivity contribution is 6.45. The first-order valence-corrected chi connectivity index (χ1v) is 11.7. The fourth-order valence-electron chi connectivity index (χ4n) is 4.27. The Kier molecular flexibility index (Phi) is 6.78. The van der Waals surface area contributed by atoms with Crippen LogP contribution in [-0.4, -0.2) is 46.8 Å². The maximum Gasteiger partial charge on any atom is 0.326 e. The minimum Gasteiger partial charge on any atom is -0.858 e. The normalized spacial score (nSPS) is 14.1. The second kappa shape index (κ2) is 9.64. The van der Waals surface area contributed by atoms with Crippen LogP contribution in [0.15, 0.2) is 42.7 Å². The van der Waals surface area contributed by atoms with E-state index in [2.05, 4.69) is 5.10 Å². The van der Waals surface area contributed by atoms with Gasteiger partial charge in [0.2, 0.25) is 0 Å². The highest BCUT2D eigenvalue weighted by atomic mass is 35.5. The molecule has 0 spiro atoms. The number of hydrogen-bond donors (Lipinski definition) is 0. The number of hydrogen-bond acceptors (Lipinski definition) is 5. The number of nitrogens with zero attached hydrogens (tertiary/aromatic N) is 4. The van der Waals surface area contributed by atoms with Crippen LogP contribution in [-0.2, 0) is 14.3 Å². The maximum atomic E-state index is 13.8. The Hall–Kier alpha value is -3.49. The summed E-state index contributed by atoms with van der Waals surface area (Å²) in [5.41, 5.74) is 3.10. The lowest BCUT2D eigenvalue weighted by Gasteiger charge is -2.15. The zero-order valence-corrected chi connectivity index (χ0v) is 21.1. The number of carbonyl (C=O) groups is 2. The van der Waals surface area contributed by atoms with Crippen LogP contribution in [0.25, 0.3) is 17.0 Å². The van der Waals surface area contributed by atoms with Gasteiger partial charge >= 0.3 is 5.91 Å². The van der Waals surface area contributed by atoms with Gasteiger partial charge in [-0.1, -0.05) is 25.4 Å². The van der Waals surface area contributed by atoms with Gasteiger partial charge in [0, 0.05) is 28.8 Å². The quantitative estimate of drug-likeness (QED) is 0.372. The SMILES string of the molecule is COCCN1C(=O)C(c2c(C(C)C)nn(-c3ccc(Cl)cc3)c2[O-])=C([n+]2cc(C)cc(C)c2)C1=O. The lowest BCUT2D eigenvalue weighted by molar-refractivity contribution is -0.577. The molecule has 2 aromatic heterocycles. The number of benzene rings is 1. The number of imide groups is 1. The predicted octanol–water partition coefficient (Wildman–Crippen LogP) is 3.01. The molecular weight excluding hydrogens is 468 g/mol. The average molecular weight is 495 g/mol. The van der Waals surface area contributed by atoms with E-state index in [1.54, 1.807) is 41.2 Å². The molecule has 0 unspecified atom stereocenters. The first-order chi connectivity index (χ1) is 16.6. The van der Waals surface area contributed by atoms with Crippen LogP contribution in [0.1, 0.15) is 42.1 Å². The zero-order chi connectivity index (χ0) is 25.4. The van der Waals surface area contributed by atoms with E-state index < -0.39 is 17.7 Å². The van der Waals surface area contributed by atoms with Gasteiger partial charge in [0.25, 0.3) is 11.6 Å². The van der Waals surface area contributed by atoms with E-state index >= 15 is 0 Å². The Balaban J connectivity index is 2.01. The van der Waals surface area contributed by atoms with Crippen molar-refractivity contribution >= 4 is 34.7 Å². The fourth-order valence-corrected chi connectivity index (χ4v) is 4.39. The topological polar surface area (TPSA) is 91.4 Å². The van der Waals surface area contributed by atoms with E-state index in [1.165, 1.54) is 11.8 Å². The van der Waals surface area contributed by atoms with Crippen LogP contribution >= 0.6 is 11.6 Å². The van der Waals surface area contributed by atoms with Gasteiger partial charge in [-0.05, 0) is 56.0 Å². The van der Waals surface area contributed by atoms with Crippen molar-refractivity contribution in [1.29, 1.82) is 0 Å². The molecule has 0 saturated heterocycles. The molecule has 3 heterocycles. The van der Waals surface area contributed by atoms with E-state index in [0.717, 1.165) is 16.0 Å². The van der Waals surface area contributed by atoms with Gasteiger partial charge < -0.3 is 9.84 Å². The van der Waals surface area contributed by atoms with Crippen LogP contribution in [0.3, 0.4) is 0 Å². The molecule has 1 aromatic carbocycles. The molecule has 182 valence electrons. The second-order valence-corrected chi connectivity index (χ2v) is 9.32. The monoisotopic (exact) mass is 494 g/mol. The molecule has 1 aliphatic heterocycles. The molecule has 0 aliphatic carbocycles. The summed E-state index contributed by atoms with van der Waals surface area (Å²) < 4.78 is 8.01. The smallest absolute Gasteiger partial charge is 0.326 e. The molecule has 0 radical (unpaired) electrons. The molecule has 0 fully saturated rings. The molecule has 3 aromatic rings. The summed E-state index contributed by atoms with van der Waals surface area (Å²) in [5, 5.41) is 18.9. The molecule has 1 aliphatic rings. The first kappa shape index (κ1) is 24.6. The summed E-state index contributed by atoms with van der Waals surface area (Å²) in [4.78, 5) is 28.4. The van der Waals surface area contributed by atoms with Gasteiger partial charge in [-0.2, -0.15) is 9.67 Å². The van der Waals surface area contributed by atoms with Crippen LogP contribution in [0, 0.1) is 13.8 Å². The number of rotatable bonds is 7. The van der Waals surface area contributed by atoms with Gasteiger partial charge in [-0.3, -0.25) is 14.5 Å². The van der Waals surface area contributed by atoms with Crippen molar-refractivity contribution in [3.63, 3.8) is 0 Å². The third-order valence-electron chi connectivity index (χ3n) is 5.80. The number of halogens is 1. The van der Waals surface area contributed by atoms with Gasteiger partial charge in [0.05, 0.1) is 24.5 Å². The highest BCUT2D eigenvalue weighted by Gasteiger charge is 2.46. The number of pyridine rings is 1. The third-order valence-corrected chi connectivity index (χ3v) is 6.05. The molecule has 0 N–H and O–H groups in total. The molecule has 4 rings (SSSR count). The van der Waals surface area contributed by atoms with Crippen LogP contribution in [0.2, 0.25) is 5.02 Å². The molecule has 0 atom stereocenters. The lowest BCUT2D eigenvalue weighted by atomic mass is 9.98. The lowest BCUT2D eigenvalue weighted by Crippen LogP contribution is -2.41. The fraction of sp³-hybridized carbons (Fsp3) is 0.308. The standard InChI is InChI=1S/C26H27ClN4O4/c1-15(2)22-20(25(33)31(28-22)19-8-6-18(27)7-9-19)21-23(29-13-16(3)12-17(4)14-29)26(34)30(24(21)32)10-11-35-5/h6-9,12-15H,10-11H2,1-5H3.